The Labute approximate surface area is 131 Å². The molecule has 0 aromatic rings. The van der Waals surface area contributed by atoms with Gasteiger partial charge in [-0.3, -0.25) is 0 Å². The molecular formula is C19H42Si. The zero-order valence-corrected chi connectivity index (χ0v) is 16.8. The first kappa shape index (κ1) is 20.2. The molecule has 0 aliphatic carbocycles. The lowest BCUT2D eigenvalue weighted by Crippen LogP contribution is -2.49. The highest BCUT2D eigenvalue weighted by atomic mass is 28.3. The standard InChI is InChI=1S/C19H42Si/c1-9-17(10-2)20(15-16(7)8,18(11-3)12-4)19(13-5)14-6/h16-19H,9-15H2,1-8H3. The molecule has 0 amide bonds. The molecule has 122 valence electrons. The summed E-state index contributed by atoms with van der Waals surface area (Å²) in [4.78, 5) is 0. The summed E-state index contributed by atoms with van der Waals surface area (Å²) < 4.78 is 0. The highest BCUT2D eigenvalue weighted by molar-refractivity contribution is 6.84. The lowest BCUT2D eigenvalue weighted by molar-refractivity contribution is 0.564. The predicted molar refractivity (Wildman–Crippen MR) is 98.4 cm³/mol. The molecule has 0 aromatic carbocycles. The minimum Gasteiger partial charge on any atom is -0.0654 e. The molecule has 0 nitrogen and oxygen atoms in total. The largest absolute Gasteiger partial charge is 0.0654 e. The molecule has 0 saturated carbocycles. The van der Waals surface area contributed by atoms with Crippen LogP contribution >= 0.6 is 0 Å². The van der Waals surface area contributed by atoms with E-state index in [4.69, 9.17) is 0 Å². The summed E-state index contributed by atoms with van der Waals surface area (Å²) in [5.74, 6) is 0.878. The van der Waals surface area contributed by atoms with Gasteiger partial charge in [-0.05, 0) is 22.5 Å². The van der Waals surface area contributed by atoms with Crippen molar-refractivity contribution < 1.29 is 0 Å². The average Bonchev–Trinajstić information content (AvgIpc) is 2.41. The maximum Gasteiger partial charge on any atom is 0.0631 e. The second-order valence-corrected chi connectivity index (χ2v) is 12.3. The normalized spacial score (nSPS) is 13.2. The Balaban J connectivity index is 5.84. The maximum atomic E-state index is 2.47. The van der Waals surface area contributed by atoms with Gasteiger partial charge in [0.1, 0.15) is 0 Å². The van der Waals surface area contributed by atoms with E-state index in [1.54, 1.807) is 6.04 Å². The topological polar surface area (TPSA) is 0 Å². The summed E-state index contributed by atoms with van der Waals surface area (Å²) in [5.41, 5.74) is 3.12. The SMILES string of the molecule is CCC(CC)[Si](CC(C)C)(C(CC)CC)C(CC)CC. The molecule has 0 spiro atoms. The van der Waals surface area contributed by atoms with E-state index in [-0.39, 0.29) is 0 Å². The molecule has 0 aliphatic rings. The molecule has 0 aromatic heterocycles. The Morgan fingerprint density at radius 2 is 0.800 bits per heavy atom. The van der Waals surface area contributed by atoms with E-state index in [1.165, 1.54) is 38.5 Å². The molecule has 0 aliphatic heterocycles. The van der Waals surface area contributed by atoms with E-state index in [1.807, 2.05) is 0 Å². The molecule has 0 unspecified atom stereocenters. The summed E-state index contributed by atoms with van der Waals surface area (Å²) >= 11 is 0. The van der Waals surface area contributed by atoms with Crippen LogP contribution in [-0.2, 0) is 0 Å². The Hall–Kier alpha value is 0.217. The highest BCUT2D eigenvalue weighted by Crippen LogP contribution is 2.54. The van der Waals surface area contributed by atoms with Crippen molar-refractivity contribution in [2.24, 2.45) is 5.92 Å². The Bertz CT molecular complexity index is 191. The fourth-order valence-electron chi connectivity index (χ4n) is 5.35. The van der Waals surface area contributed by atoms with Gasteiger partial charge in [-0.15, -0.1) is 0 Å². The molecule has 0 rings (SSSR count). The third-order valence-corrected chi connectivity index (χ3v) is 14.5. The van der Waals surface area contributed by atoms with Crippen LogP contribution < -0.4 is 0 Å². The van der Waals surface area contributed by atoms with E-state index in [9.17, 15) is 0 Å². The summed E-state index contributed by atoms with van der Waals surface area (Å²) in [6.07, 6.45) is 8.51. The van der Waals surface area contributed by atoms with Crippen LogP contribution in [0.5, 0.6) is 0 Å². The number of hydrogen-bond acceptors (Lipinski definition) is 0. The van der Waals surface area contributed by atoms with Gasteiger partial charge in [0, 0.05) is 0 Å². The minimum atomic E-state index is -1.25. The van der Waals surface area contributed by atoms with Gasteiger partial charge < -0.3 is 0 Å². The van der Waals surface area contributed by atoms with Gasteiger partial charge >= 0.3 is 0 Å². The quantitative estimate of drug-likeness (QED) is 0.343. The lowest BCUT2D eigenvalue weighted by Gasteiger charge is -2.50. The van der Waals surface area contributed by atoms with E-state index < -0.39 is 8.07 Å². The first-order valence-electron chi connectivity index (χ1n) is 9.47. The van der Waals surface area contributed by atoms with Crippen molar-refractivity contribution >= 4 is 8.07 Å². The zero-order valence-electron chi connectivity index (χ0n) is 15.8. The molecule has 0 N–H and O–H groups in total. The summed E-state index contributed by atoms with van der Waals surface area (Å²) in [6.45, 7) is 19.7. The van der Waals surface area contributed by atoms with Crippen molar-refractivity contribution in [3.8, 4) is 0 Å². The zero-order chi connectivity index (χ0) is 15.8. The summed E-state index contributed by atoms with van der Waals surface area (Å²) in [5, 5.41) is 0. The van der Waals surface area contributed by atoms with Crippen molar-refractivity contribution in [1.82, 2.24) is 0 Å². The monoisotopic (exact) mass is 298 g/mol. The van der Waals surface area contributed by atoms with E-state index in [0.717, 1.165) is 22.5 Å². The molecule has 0 atom stereocenters. The van der Waals surface area contributed by atoms with Gasteiger partial charge in [-0.2, -0.15) is 0 Å². The van der Waals surface area contributed by atoms with Crippen molar-refractivity contribution in [3.05, 3.63) is 0 Å². The minimum absolute atomic E-state index is 0.878. The van der Waals surface area contributed by atoms with Crippen LogP contribution in [0.25, 0.3) is 0 Å². The van der Waals surface area contributed by atoms with E-state index in [2.05, 4.69) is 55.4 Å². The van der Waals surface area contributed by atoms with Crippen molar-refractivity contribution in [1.29, 1.82) is 0 Å². The summed E-state index contributed by atoms with van der Waals surface area (Å²) in [6, 6.07) is 1.57. The van der Waals surface area contributed by atoms with Crippen molar-refractivity contribution in [3.63, 3.8) is 0 Å². The van der Waals surface area contributed by atoms with E-state index >= 15 is 0 Å². The van der Waals surface area contributed by atoms with Crippen LogP contribution in [0.2, 0.25) is 22.7 Å². The smallest absolute Gasteiger partial charge is 0.0631 e. The van der Waals surface area contributed by atoms with Gasteiger partial charge in [0.25, 0.3) is 0 Å². The molecule has 1 heteroatoms. The second-order valence-electron chi connectivity index (χ2n) is 7.25. The third kappa shape index (κ3) is 4.35. The molecule has 0 saturated heterocycles. The number of hydrogen-bond donors (Lipinski definition) is 0. The van der Waals surface area contributed by atoms with Gasteiger partial charge in [-0.25, -0.2) is 0 Å². The van der Waals surface area contributed by atoms with Gasteiger partial charge in [0.15, 0.2) is 0 Å². The molecule has 0 heterocycles. The van der Waals surface area contributed by atoms with Crippen molar-refractivity contribution in [2.45, 2.75) is 117 Å². The lowest BCUT2D eigenvalue weighted by atomic mass is 10.2. The average molecular weight is 299 g/mol. The number of rotatable bonds is 11. The molecule has 0 bridgehead atoms. The third-order valence-electron chi connectivity index (χ3n) is 6.00. The first-order valence-corrected chi connectivity index (χ1v) is 11.9. The fraction of sp³-hybridized carbons (Fsp3) is 1.00. The molecule has 20 heavy (non-hydrogen) atoms. The second kappa shape index (κ2) is 10.0. The maximum absolute atomic E-state index is 2.47. The van der Waals surface area contributed by atoms with Crippen LogP contribution in [0, 0.1) is 5.92 Å². The Morgan fingerprint density at radius 3 is 0.950 bits per heavy atom. The van der Waals surface area contributed by atoms with Gasteiger partial charge in [0.05, 0.1) is 8.07 Å². The van der Waals surface area contributed by atoms with Crippen LogP contribution in [0.3, 0.4) is 0 Å². The van der Waals surface area contributed by atoms with Crippen LogP contribution in [0.1, 0.15) is 93.9 Å². The van der Waals surface area contributed by atoms with Crippen LogP contribution in [0.15, 0.2) is 0 Å². The fourth-order valence-corrected chi connectivity index (χ4v) is 14.3. The van der Waals surface area contributed by atoms with Crippen LogP contribution in [-0.4, -0.2) is 8.07 Å². The Morgan fingerprint density at radius 1 is 0.550 bits per heavy atom. The Kier molecular flexibility index (Phi) is 10.1. The van der Waals surface area contributed by atoms with E-state index in [0.29, 0.717) is 0 Å². The van der Waals surface area contributed by atoms with Gasteiger partial charge in [0.2, 0.25) is 0 Å². The van der Waals surface area contributed by atoms with Crippen molar-refractivity contribution in [2.75, 3.05) is 0 Å². The predicted octanol–water partition coefficient (Wildman–Crippen LogP) is 7.66. The van der Waals surface area contributed by atoms with Crippen LogP contribution in [0.4, 0.5) is 0 Å². The first-order chi connectivity index (χ1) is 9.47. The van der Waals surface area contributed by atoms with Gasteiger partial charge in [-0.1, -0.05) is 100.0 Å². The molecule has 0 radical (unpaired) electrons. The molecule has 0 fully saturated rings. The highest BCUT2D eigenvalue weighted by Gasteiger charge is 2.48. The summed E-state index contributed by atoms with van der Waals surface area (Å²) in [7, 11) is -1.25. The molecular weight excluding hydrogens is 256 g/mol.